The van der Waals surface area contributed by atoms with Crippen molar-refractivity contribution in [1.82, 2.24) is 14.5 Å². The van der Waals surface area contributed by atoms with Crippen molar-refractivity contribution >= 4 is 51.3 Å². The quantitative estimate of drug-likeness (QED) is 0.179. The van der Waals surface area contributed by atoms with Crippen LogP contribution in [-0.4, -0.2) is 46.4 Å². The molecular formula is C28H24N4O5S. The molecule has 0 fully saturated rings. The van der Waals surface area contributed by atoms with Crippen molar-refractivity contribution in [3.63, 3.8) is 0 Å². The molecule has 0 aliphatic rings. The van der Waals surface area contributed by atoms with Crippen LogP contribution in [0.25, 0.3) is 27.6 Å². The maximum absolute atomic E-state index is 13.8. The Bertz CT molecular complexity index is 1740. The van der Waals surface area contributed by atoms with E-state index in [-0.39, 0.29) is 17.2 Å². The van der Waals surface area contributed by atoms with Gasteiger partial charge in [-0.15, -0.1) is 0 Å². The molecule has 0 atom stereocenters. The molecule has 38 heavy (non-hydrogen) atoms. The molecule has 0 saturated carbocycles. The summed E-state index contributed by atoms with van der Waals surface area (Å²) < 4.78 is 11.7. The summed E-state index contributed by atoms with van der Waals surface area (Å²) >= 11 is 1.14. The largest absolute Gasteiger partial charge is 0.495 e. The molecule has 0 unspecified atom stereocenters. The van der Waals surface area contributed by atoms with E-state index in [1.807, 2.05) is 43.3 Å². The lowest BCUT2D eigenvalue weighted by atomic mass is 10.2. The fraction of sp³-hybridized carbons (Fsp3) is 0.143. The number of ether oxygens (including phenoxy) is 2. The fourth-order valence-electron chi connectivity index (χ4n) is 4.16. The van der Waals surface area contributed by atoms with Crippen molar-refractivity contribution in [2.24, 2.45) is 0 Å². The maximum Gasteiger partial charge on any atom is 0.337 e. The maximum atomic E-state index is 13.8. The molecule has 1 amide bonds. The van der Waals surface area contributed by atoms with E-state index in [0.717, 1.165) is 28.2 Å². The smallest absolute Gasteiger partial charge is 0.337 e. The highest BCUT2D eigenvalue weighted by molar-refractivity contribution is 7.99. The van der Waals surface area contributed by atoms with E-state index in [2.05, 4.69) is 10.3 Å². The topological polar surface area (TPSA) is 115 Å². The molecule has 5 rings (SSSR count). The number of para-hydroxylation sites is 1. The first-order valence-corrected chi connectivity index (χ1v) is 12.7. The van der Waals surface area contributed by atoms with Crippen LogP contribution in [0.5, 0.6) is 5.75 Å². The Balaban J connectivity index is 1.52. The number of aryl methyl sites for hydroxylation is 1. The lowest BCUT2D eigenvalue weighted by Gasteiger charge is -2.15. The number of hydrogen-bond acceptors (Lipinski definition) is 7. The Morgan fingerprint density at radius 2 is 1.82 bits per heavy atom. The van der Waals surface area contributed by atoms with Crippen LogP contribution in [0.15, 0.2) is 76.7 Å². The molecular weight excluding hydrogens is 504 g/mol. The van der Waals surface area contributed by atoms with Gasteiger partial charge in [0.2, 0.25) is 5.91 Å². The summed E-state index contributed by atoms with van der Waals surface area (Å²) in [4.78, 5) is 46.3. The number of nitrogens with zero attached hydrogens (tertiary/aromatic N) is 2. The third kappa shape index (κ3) is 4.73. The van der Waals surface area contributed by atoms with Crippen LogP contribution in [0.2, 0.25) is 0 Å². The number of anilines is 1. The van der Waals surface area contributed by atoms with Gasteiger partial charge in [0, 0.05) is 16.6 Å². The van der Waals surface area contributed by atoms with E-state index in [4.69, 9.17) is 14.5 Å². The third-order valence-electron chi connectivity index (χ3n) is 5.99. The number of aromatic amines is 1. The van der Waals surface area contributed by atoms with Crippen molar-refractivity contribution in [3.05, 3.63) is 88.2 Å². The van der Waals surface area contributed by atoms with Crippen LogP contribution >= 0.6 is 11.8 Å². The SMILES string of the molecule is COC(=O)c1ccc(NC(=O)CSc2nc3c([nH]c4ccccc43)c(=O)n2-c2cc(C)ccc2OC)cc1. The summed E-state index contributed by atoms with van der Waals surface area (Å²) in [5.74, 6) is -0.252. The number of rotatable bonds is 7. The number of benzene rings is 3. The molecule has 192 valence electrons. The second-order valence-electron chi connectivity index (χ2n) is 8.51. The van der Waals surface area contributed by atoms with E-state index in [9.17, 15) is 14.4 Å². The molecule has 3 aromatic carbocycles. The van der Waals surface area contributed by atoms with Gasteiger partial charge in [-0.2, -0.15) is 0 Å². The second-order valence-corrected chi connectivity index (χ2v) is 9.45. The van der Waals surface area contributed by atoms with Gasteiger partial charge in [0.05, 0.1) is 31.2 Å². The molecule has 0 radical (unpaired) electrons. The van der Waals surface area contributed by atoms with Gasteiger partial charge in [0.15, 0.2) is 5.16 Å². The Morgan fingerprint density at radius 1 is 1.05 bits per heavy atom. The standard InChI is InChI=1S/C28H24N4O5S/c1-16-8-13-22(36-2)21(14-16)32-26(34)25-24(19-6-4-5-7-20(19)30-25)31-28(32)38-15-23(33)29-18-11-9-17(10-12-18)27(35)37-3/h4-14,30H,15H2,1-3H3,(H,29,33). The first kappa shape index (κ1) is 25.1. The second kappa shape index (κ2) is 10.4. The minimum absolute atomic E-state index is 0.00676. The number of carbonyl (C=O) groups is 2. The van der Waals surface area contributed by atoms with Gasteiger partial charge in [-0.05, 0) is 55.0 Å². The minimum Gasteiger partial charge on any atom is -0.495 e. The predicted molar refractivity (Wildman–Crippen MR) is 148 cm³/mol. The number of nitrogens with one attached hydrogen (secondary N) is 2. The molecule has 5 aromatic rings. The average Bonchev–Trinajstić information content (AvgIpc) is 3.31. The van der Waals surface area contributed by atoms with E-state index in [1.54, 1.807) is 37.4 Å². The van der Waals surface area contributed by atoms with Gasteiger partial charge in [0.25, 0.3) is 5.56 Å². The molecule has 2 N–H and O–H groups in total. The molecule has 2 aromatic heterocycles. The number of esters is 1. The number of fused-ring (bicyclic) bond motifs is 3. The van der Waals surface area contributed by atoms with Crippen LogP contribution in [0, 0.1) is 6.92 Å². The van der Waals surface area contributed by atoms with Crippen LogP contribution < -0.4 is 15.6 Å². The highest BCUT2D eigenvalue weighted by Gasteiger charge is 2.20. The zero-order valence-electron chi connectivity index (χ0n) is 20.9. The molecule has 0 aliphatic heterocycles. The van der Waals surface area contributed by atoms with Crippen LogP contribution in [0.3, 0.4) is 0 Å². The first-order valence-electron chi connectivity index (χ1n) is 11.7. The number of carbonyl (C=O) groups excluding carboxylic acids is 2. The van der Waals surface area contributed by atoms with Crippen molar-refractivity contribution in [3.8, 4) is 11.4 Å². The summed E-state index contributed by atoms with van der Waals surface area (Å²) in [5.41, 5.74) is 3.79. The van der Waals surface area contributed by atoms with Crippen molar-refractivity contribution in [2.45, 2.75) is 12.1 Å². The van der Waals surface area contributed by atoms with E-state index in [0.29, 0.717) is 38.9 Å². The summed E-state index contributed by atoms with van der Waals surface area (Å²) in [7, 11) is 2.85. The van der Waals surface area contributed by atoms with Gasteiger partial charge < -0.3 is 19.8 Å². The van der Waals surface area contributed by atoms with Crippen LogP contribution in [-0.2, 0) is 9.53 Å². The lowest BCUT2D eigenvalue weighted by molar-refractivity contribution is -0.113. The summed E-state index contributed by atoms with van der Waals surface area (Å²) in [5, 5.41) is 3.98. The summed E-state index contributed by atoms with van der Waals surface area (Å²) in [6.07, 6.45) is 0. The lowest BCUT2D eigenvalue weighted by Crippen LogP contribution is -2.23. The highest BCUT2D eigenvalue weighted by Crippen LogP contribution is 2.30. The molecule has 10 heteroatoms. The Morgan fingerprint density at radius 3 is 2.55 bits per heavy atom. The number of H-pyrrole nitrogens is 1. The Hall–Kier alpha value is -4.57. The minimum atomic E-state index is -0.457. The van der Waals surface area contributed by atoms with Gasteiger partial charge >= 0.3 is 5.97 Å². The monoisotopic (exact) mass is 528 g/mol. The van der Waals surface area contributed by atoms with Crippen molar-refractivity contribution in [1.29, 1.82) is 0 Å². The molecule has 0 bridgehead atoms. The number of aromatic nitrogens is 3. The number of thioether (sulfide) groups is 1. The normalized spacial score (nSPS) is 11.0. The number of methoxy groups -OCH3 is 2. The fourth-order valence-corrected chi connectivity index (χ4v) is 4.96. The van der Waals surface area contributed by atoms with Crippen LogP contribution in [0.1, 0.15) is 15.9 Å². The zero-order valence-corrected chi connectivity index (χ0v) is 21.7. The highest BCUT2D eigenvalue weighted by atomic mass is 32.2. The predicted octanol–water partition coefficient (Wildman–Crippen LogP) is 4.70. The van der Waals surface area contributed by atoms with E-state index >= 15 is 0 Å². The zero-order chi connectivity index (χ0) is 26.8. The first-order chi connectivity index (χ1) is 18.4. The van der Waals surface area contributed by atoms with Crippen LogP contribution in [0.4, 0.5) is 5.69 Å². The molecule has 9 nitrogen and oxygen atoms in total. The average molecular weight is 529 g/mol. The molecule has 0 saturated heterocycles. The molecule has 2 heterocycles. The van der Waals surface area contributed by atoms with Gasteiger partial charge in [-0.25, -0.2) is 14.3 Å². The van der Waals surface area contributed by atoms with Gasteiger partial charge in [0.1, 0.15) is 16.8 Å². The number of hydrogen-bond donors (Lipinski definition) is 2. The summed E-state index contributed by atoms with van der Waals surface area (Å²) in [6.45, 7) is 1.93. The van der Waals surface area contributed by atoms with Crippen molar-refractivity contribution < 1.29 is 19.1 Å². The molecule has 0 spiro atoms. The van der Waals surface area contributed by atoms with Gasteiger partial charge in [-0.1, -0.05) is 36.0 Å². The Labute approximate surface area is 221 Å². The van der Waals surface area contributed by atoms with E-state index in [1.165, 1.54) is 11.7 Å². The van der Waals surface area contributed by atoms with Gasteiger partial charge in [-0.3, -0.25) is 9.59 Å². The Kier molecular flexibility index (Phi) is 6.89. The number of amides is 1. The third-order valence-corrected chi connectivity index (χ3v) is 6.93. The van der Waals surface area contributed by atoms with Crippen molar-refractivity contribution in [2.75, 3.05) is 25.3 Å². The van der Waals surface area contributed by atoms with E-state index < -0.39 is 5.97 Å². The molecule has 0 aliphatic carbocycles. The summed E-state index contributed by atoms with van der Waals surface area (Å²) in [6, 6.07) is 19.5.